The van der Waals surface area contributed by atoms with E-state index in [1.807, 2.05) is 13.8 Å². The zero-order valence-electron chi connectivity index (χ0n) is 16.2. The van der Waals surface area contributed by atoms with Gasteiger partial charge in [-0.05, 0) is 18.4 Å². The minimum absolute atomic E-state index is 0.0460. The van der Waals surface area contributed by atoms with E-state index in [0.29, 0.717) is 23.9 Å². The predicted octanol–water partition coefficient (Wildman–Crippen LogP) is 2.52. The summed E-state index contributed by atoms with van der Waals surface area (Å²) in [6.45, 7) is 6.59. The van der Waals surface area contributed by atoms with Gasteiger partial charge in [-0.1, -0.05) is 51.8 Å². The Morgan fingerprint density at radius 1 is 1.19 bits per heavy atom. The number of fused-ring (bicyclic) bond motifs is 1. The summed E-state index contributed by atoms with van der Waals surface area (Å²) in [5.41, 5.74) is -0.200. The maximum absolute atomic E-state index is 12.6. The number of unbranched alkanes of at least 4 members (excludes halogenated alkanes) is 2. The minimum Gasteiger partial charge on any atom is -0.451 e. The molecule has 0 atom stereocenters. The van der Waals surface area contributed by atoms with Crippen molar-refractivity contribution >= 4 is 22.6 Å². The number of aromatic nitrogens is 2. The monoisotopic (exact) mass is 373 g/mol. The van der Waals surface area contributed by atoms with Crippen LogP contribution in [0, 0.1) is 5.92 Å². The van der Waals surface area contributed by atoms with E-state index in [0.717, 1.165) is 19.3 Å². The molecule has 27 heavy (non-hydrogen) atoms. The van der Waals surface area contributed by atoms with E-state index >= 15 is 0 Å². The number of rotatable bonds is 9. The van der Waals surface area contributed by atoms with Gasteiger partial charge in [0, 0.05) is 18.5 Å². The molecule has 0 spiro atoms. The summed E-state index contributed by atoms with van der Waals surface area (Å²) in [6, 6.07) is 6.79. The molecule has 1 N–H and O–H groups in total. The molecule has 0 bridgehead atoms. The Hall–Kier alpha value is -2.70. The first-order valence-corrected chi connectivity index (χ1v) is 9.37. The average Bonchev–Trinajstić information content (AvgIpc) is 2.65. The van der Waals surface area contributed by atoms with Crippen LogP contribution in [0.1, 0.15) is 50.5 Å². The topological polar surface area (TPSA) is 90.3 Å². The fraction of sp³-hybridized carbons (Fsp3) is 0.500. The van der Waals surface area contributed by atoms with Crippen molar-refractivity contribution in [2.45, 2.75) is 46.6 Å². The second-order valence-electron chi connectivity index (χ2n) is 6.91. The van der Waals surface area contributed by atoms with Crippen LogP contribution in [0.2, 0.25) is 0 Å². The van der Waals surface area contributed by atoms with Crippen molar-refractivity contribution in [2.24, 2.45) is 5.92 Å². The average molecular weight is 373 g/mol. The van der Waals surface area contributed by atoms with Crippen LogP contribution in [-0.4, -0.2) is 34.8 Å². The molecular formula is C20H27N3O4. The third kappa shape index (κ3) is 5.64. The van der Waals surface area contributed by atoms with Crippen LogP contribution >= 0.6 is 0 Å². The molecule has 7 nitrogen and oxygen atoms in total. The molecule has 2 aromatic rings. The summed E-state index contributed by atoms with van der Waals surface area (Å²) >= 11 is 0. The van der Waals surface area contributed by atoms with Gasteiger partial charge in [0.1, 0.15) is 0 Å². The van der Waals surface area contributed by atoms with Gasteiger partial charge in [0.25, 0.3) is 11.5 Å². The van der Waals surface area contributed by atoms with Crippen LogP contribution in [0.3, 0.4) is 0 Å². The fourth-order valence-electron chi connectivity index (χ4n) is 2.71. The van der Waals surface area contributed by atoms with E-state index in [2.05, 4.69) is 17.3 Å². The summed E-state index contributed by atoms with van der Waals surface area (Å²) in [5.74, 6) is -0.874. The predicted molar refractivity (Wildman–Crippen MR) is 104 cm³/mol. The van der Waals surface area contributed by atoms with Gasteiger partial charge < -0.3 is 10.1 Å². The molecule has 2 rings (SSSR count). The number of ether oxygens (including phenoxy) is 1. The highest BCUT2D eigenvalue weighted by atomic mass is 16.5. The normalized spacial score (nSPS) is 11.0. The van der Waals surface area contributed by atoms with Gasteiger partial charge in [-0.25, -0.2) is 9.48 Å². The molecule has 1 heterocycles. The van der Waals surface area contributed by atoms with Gasteiger partial charge in [-0.3, -0.25) is 9.59 Å². The number of hydrogen-bond donors (Lipinski definition) is 1. The number of esters is 1. The highest BCUT2D eigenvalue weighted by Gasteiger charge is 2.19. The molecule has 0 saturated carbocycles. The number of amides is 1. The van der Waals surface area contributed by atoms with Crippen molar-refractivity contribution in [2.75, 3.05) is 13.2 Å². The molecule has 0 fully saturated rings. The Bertz CT molecular complexity index is 858. The first-order chi connectivity index (χ1) is 12.9. The standard InChI is InChI=1S/C20H27N3O4/c1-4-5-8-11-21-17(24)13-27-20(26)18-15-9-6-7-10-16(15)19(25)23(22-18)12-14(2)3/h6-7,9-10,14H,4-5,8,11-13H2,1-3H3,(H,21,24). The molecule has 1 aromatic heterocycles. The minimum atomic E-state index is -0.715. The fourth-order valence-corrected chi connectivity index (χ4v) is 2.71. The molecule has 1 amide bonds. The summed E-state index contributed by atoms with van der Waals surface area (Å²) in [6.07, 6.45) is 2.99. The van der Waals surface area contributed by atoms with Gasteiger partial charge in [0.2, 0.25) is 0 Å². The van der Waals surface area contributed by atoms with Crippen LogP contribution in [0.5, 0.6) is 0 Å². The lowest BCUT2D eigenvalue weighted by Crippen LogP contribution is -2.31. The molecular weight excluding hydrogens is 346 g/mol. The number of nitrogens with zero attached hydrogens (tertiary/aromatic N) is 2. The quantitative estimate of drug-likeness (QED) is 0.539. The molecule has 0 radical (unpaired) electrons. The highest BCUT2D eigenvalue weighted by molar-refractivity contribution is 6.02. The van der Waals surface area contributed by atoms with Crippen molar-refractivity contribution in [3.63, 3.8) is 0 Å². The molecule has 0 saturated heterocycles. The molecule has 0 unspecified atom stereocenters. The van der Waals surface area contributed by atoms with Crippen molar-refractivity contribution in [1.82, 2.24) is 15.1 Å². The molecule has 7 heteroatoms. The smallest absolute Gasteiger partial charge is 0.359 e. The summed E-state index contributed by atoms with van der Waals surface area (Å²) in [5, 5.41) is 7.75. The third-order valence-corrected chi connectivity index (χ3v) is 4.04. The van der Waals surface area contributed by atoms with Crippen LogP contribution < -0.4 is 10.9 Å². The van der Waals surface area contributed by atoms with Gasteiger partial charge >= 0.3 is 5.97 Å². The Balaban J connectivity index is 2.16. The van der Waals surface area contributed by atoms with Crippen molar-refractivity contribution in [3.8, 4) is 0 Å². The van der Waals surface area contributed by atoms with E-state index < -0.39 is 5.97 Å². The number of hydrogen-bond acceptors (Lipinski definition) is 5. The lowest BCUT2D eigenvalue weighted by atomic mass is 10.1. The van der Waals surface area contributed by atoms with E-state index in [9.17, 15) is 14.4 Å². The lowest BCUT2D eigenvalue weighted by Gasteiger charge is -2.12. The first kappa shape index (κ1) is 20.6. The number of benzene rings is 1. The second-order valence-corrected chi connectivity index (χ2v) is 6.91. The van der Waals surface area contributed by atoms with Gasteiger partial charge in [-0.2, -0.15) is 5.10 Å². The van der Waals surface area contributed by atoms with E-state index in [1.54, 1.807) is 24.3 Å². The molecule has 0 aliphatic heterocycles. The SMILES string of the molecule is CCCCCNC(=O)COC(=O)c1nn(CC(C)C)c(=O)c2ccccc12. The Labute approximate surface area is 158 Å². The lowest BCUT2D eigenvalue weighted by molar-refractivity contribution is -0.124. The molecule has 0 aliphatic rings. The summed E-state index contributed by atoms with van der Waals surface area (Å²) < 4.78 is 6.41. The van der Waals surface area contributed by atoms with Crippen LogP contribution in [0.25, 0.3) is 10.8 Å². The van der Waals surface area contributed by atoms with E-state index in [1.165, 1.54) is 4.68 Å². The van der Waals surface area contributed by atoms with Crippen molar-refractivity contribution in [3.05, 3.63) is 40.3 Å². The van der Waals surface area contributed by atoms with Gasteiger partial charge in [0.05, 0.1) is 5.39 Å². The zero-order valence-corrected chi connectivity index (χ0v) is 16.2. The largest absolute Gasteiger partial charge is 0.451 e. The second kappa shape index (κ2) is 9.85. The maximum Gasteiger partial charge on any atom is 0.359 e. The van der Waals surface area contributed by atoms with E-state index in [-0.39, 0.29) is 29.7 Å². The van der Waals surface area contributed by atoms with Crippen molar-refractivity contribution in [1.29, 1.82) is 0 Å². The molecule has 1 aromatic carbocycles. The number of carbonyl (C=O) groups excluding carboxylic acids is 2. The third-order valence-electron chi connectivity index (χ3n) is 4.04. The maximum atomic E-state index is 12.6. The number of carbonyl (C=O) groups is 2. The molecule has 0 aliphatic carbocycles. The Morgan fingerprint density at radius 3 is 2.56 bits per heavy atom. The van der Waals surface area contributed by atoms with Gasteiger partial charge in [-0.15, -0.1) is 0 Å². The Kier molecular flexibility index (Phi) is 7.52. The van der Waals surface area contributed by atoms with Crippen LogP contribution in [0.15, 0.2) is 29.1 Å². The first-order valence-electron chi connectivity index (χ1n) is 9.37. The van der Waals surface area contributed by atoms with Gasteiger partial charge in [0.15, 0.2) is 12.3 Å². The summed E-state index contributed by atoms with van der Waals surface area (Å²) in [4.78, 5) is 36.9. The number of nitrogens with one attached hydrogen (secondary N) is 1. The zero-order chi connectivity index (χ0) is 19.8. The van der Waals surface area contributed by atoms with Crippen LogP contribution in [0.4, 0.5) is 0 Å². The Morgan fingerprint density at radius 2 is 1.89 bits per heavy atom. The van der Waals surface area contributed by atoms with Crippen LogP contribution in [-0.2, 0) is 16.1 Å². The summed E-state index contributed by atoms with van der Waals surface area (Å²) in [7, 11) is 0. The molecule has 146 valence electrons. The van der Waals surface area contributed by atoms with Crippen molar-refractivity contribution < 1.29 is 14.3 Å². The van der Waals surface area contributed by atoms with E-state index in [4.69, 9.17) is 4.74 Å². The highest BCUT2D eigenvalue weighted by Crippen LogP contribution is 2.14.